The fourth-order valence-corrected chi connectivity index (χ4v) is 2.58. The van der Waals surface area contributed by atoms with Gasteiger partial charge in [-0.1, -0.05) is 30.3 Å². The highest BCUT2D eigenvalue weighted by atomic mass is 127. The second kappa shape index (κ2) is 13.8. The Morgan fingerprint density at radius 2 is 1.81 bits per heavy atom. The maximum Gasteiger partial charge on any atom is 0.242 e. The molecule has 0 saturated heterocycles. The molecule has 1 aromatic rings. The third-order valence-electron chi connectivity index (χ3n) is 4.05. The molecule has 6 nitrogen and oxygen atoms in total. The minimum absolute atomic E-state index is 0. The van der Waals surface area contributed by atoms with E-state index in [0.29, 0.717) is 19.0 Å². The lowest BCUT2D eigenvalue weighted by molar-refractivity contribution is -0.131. The van der Waals surface area contributed by atoms with Crippen molar-refractivity contribution in [3.05, 3.63) is 35.9 Å². The molecule has 0 radical (unpaired) electrons. The van der Waals surface area contributed by atoms with Crippen LogP contribution in [0.15, 0.2) is 35.3 Å². The van der Waals surface area contributed by atoms with Crippen LogP contribution >= 0.6 is 24.0 Å². The zero-order valence-corrected chi connectivity index (χ0v) is 18.9. The van der Waals surface area contributed by atoms with Crippen molar-refractivity contribution in [1.29, 1.82) is 0 Å². The van der Waals surface area contributed by atoms with Gasteiger partial charge in [0.05, 0.1) is 13.1 Å². The number of carbonyl (C=O) groups is 1. The lowest BCUT2D eigenvalue weighted by Gasteiger charge is -2.26. The third kappa shape index (κ3) is 7.90. The molecule has 7 heteroatoms. The summed E-state index contributed by atoms with van der Waals surface area (Å²) in [5.41, 5.74) is 1.09. The standard InChI is InChI=1S/C19H32N4O2.HI/c1-6-20-19(22(4)15-18(24)23(7-2)8-3)21-14-17(25-5)16-12-10-9-11-13-16;/h9-13,17H,6-8,14-15H2,1-5H3,(H,20,21);1H. The maximum absolute atomic E-state index is 12.3. The van der Waals surface area contributed by atoms with Crippen LogP contribution in [0.2, 0.25) is 0 Å². The predicted octanol–water partition coefficient (Wildman–Crippen LogP) is 2.76. The van der Waals surface area contributed by atoms with Crippen LogP contribution in [0.3, 0.4) is 0 Å². The van der Waals surface area contributed by atoms with Crippen LogP contribution in [0.4, 0.5) is 0 Å². The molecule has 0 aromatic heterocycles. The summed E-state index contributed by atoms with van der Waals surface area (Å²) in [5, 5.41) is 3.24. The van der Waals surface area contributed by atoms with Crippen molar-refractivity contribution in [2.75, 3.05) is 46.9 Å². The van der Waals surface area contributed by atoms with E-state index in [9.17, 15) is 4.79 Å². The summed E-state index contributed by atoms with van der Waals surface area (Å²) >= 11 is 0. The number of amides is 1. The summed E-state index contributed by atoms with van der Waals surface area (Å²) in [6.45, 7) is 8.97. The molecular weight excluding hydrogens is 443 g/mol. The molecule has 148 valence electrons. The van der Waals surface area contributed by atoms with Crippen molar-refractivity contribution in [1.82, 2.24) is 15.1 Å². The number of rotatable bonds is 9. The van der Waals surface area contributed by atoms with Gasteiger partial charge < -0.3 is 19.9 Å². The number of guanidine groups is 1. The van der Waals surface area contributed by atoms with E-state index >= 15 is 0 Å². The van der Waals surface area contributed by atoms with E-state index in [-0.39, 0.29) is 36.0 Å². The van der Waals surface area contributed by atoms with Gasteiger partial charge in [-0.15, -0.1) is 24.0 Å². The first-order valence-corrected chi connectivity index (χ1v) is 8.92. The van der Waals surface area contributed by atoms with Gasteiger partial charge in [-0.25, -0.2) is 0 Å². The number of carbonyl (C=O) groups excluding carboxylic acids is 1. The molecule has 0 aliphatic carbocycles. The topological polar surface area (TPSA) is 57.2 Å². The first-order valence-electron chi connectivity index (χ1n) is 8.92. The fraction of sp³-hybridized carbons (Fsp3) is 0.579. The summed E-state index contributed by atoms with van der Waals surface area (Å²) in [6.07, 6.45) is -0.110. The van der Waals surface area contributed by atoms with Gasteiger partial charge in [0.25, 0.3) is 0 Å². The van der Waals surface area contributed by atoms with Gasteiger partial charge >= 0.3 is 0 Å². The van der Waals surface area contributed by atoms with Crippen molar-refractivity contribution in [3.63, 3.8) is 0 Å². The summed E-state index contributed by atoms with van der Waals surface area (Å²) in [7, 11) is 3.57. The number of benzene rings is 1. The number of hydrogen-bond donors (Lipinski definition) is 1. The SMILES string of the molecule is CCNC(=NCC(OC)c1ccccc1)N(C)CC(=O)N(CC)CC.I. The Morgan fingerprint density at radius 3 is 2.31 bits per heavy atom. The van der Waals surface area contributed by atoms with Crippen molar-refractivity contribution < 1.29 is 9.53 Å². The van der Waals surface area contributed by atoms with Crippen LogP contribution in [-0.2, 0) is 9.53 Å². The van der Waals surface area contributed by atoms with Gasteiger partial charge in [-0.05, 0) is 26.3 Å². The van der Waals surface area contributed by atoms with Gasteiger partial charge in [0.1, 0.15) is 6.10 Å². The molecule has 26 heavy (non-hydrogen) atoms. The van der Waals surface area contributed by atoms with E-state index in [1.165, 1.54) is 0 Å². The number of halogens is 1. The van der Waals surface area contributed by atoms with E-state index in [0.717, 1.165) is 25.2 Å². The number of likely N-dealkylation sites (N-methyl/N-ethyl adjacent to an activating group) is 2. The Bertz CT molecular complexity index is 536. The molecule has 1 N–H and O–H groups in total. The first kappa shape index (κ1) is 24.7. The van der Waals surface area contributed by atoms with Crippen molar-refractivity contribution >= 4 is 35.8 Å². The number of ether oxygens (including phenoxy) is 1. The molecule has 1 aromatic carbocycles. The Balaban J connectivity index is 0.00000625. The molecule has 1 atom stereocenters. The zero-order chi connectivity index (χ0) is 18.7. The highest BCUT2D eigenvalue weighted by Gasteiger charge is 2.16. The van der Waals surface area contributed by atoms with E-state index in [1.54, 1.807) is 7.11 Å². The molecular formula is C19H33IN4O2. The van der Waals surface area contributed by atoms with Gasteiger partial charge in [0.15, 0.2) is 5.96 Å². The van der Waals surface area contributed by atoms with E-state index < -0.39 is 0 Å². The summed E-state index contributed by atoms with van der Waals surface area (Å²) in [4.78, 5) is 20.7. The molecule has 0 aliphatic rings. The van der Waals surface area contributed by atoms with Gasteiger partial charge in [-0.2, -0.15) is 0 Å². The molecule has 0 spiro atoms. The van der Waals surface area contributed by atoms with Crippen molar-refractivity contribution in [3.8, 4) is 0 Å². The Morgan fingerprint density at radius 1 is 1.19 bits per heavy atom. The van der Waals surface area contributed by atoms with Gasteiger partial charge in [0.2, 0.25) is 5.91 Å². The van der Waals surface area contributed by atoms with Crippen LogP contribution in [0.5, 0.6) is 0 Å². The predicted molar refractivity (Wildman–Crippen MR) is 118 cm³/mol. The maximum atomic E-state index is 12.3. The largest absolute Gasteiger partial charge is 0.375 e. The van der Waals surface area contributed by atoms with Crippen LogP contribution in [0.1, 0.15) is 32.4 Å². The zero-order valence-electron chi connectivity index (χ0n) is 16.6. The van der Waals surface area contributed by atoms with Gasteiger partial charge in [-0.3, -0.25) is 9.79 Å². The summed E-state index contributed by atoms with van der Waals surface area (Å²) < 4.78 is 5.57. The van der Waals surface area contributed by atoms with Crippen LogP contribution in [-0.4, -0.2) is 68.5 Å². The normalized spacial score (nSPS) is 12.1. The molecule has 1 amide bonds. The first-order chi connectivity index (χ1) is 12.1. The highest BCUT2D eigenvalue weighted by Crippen LogP contribution is 2.16. The smallest absolute Gasteiger partial charge is 0.242 e. The average Bonchev–Trinajstić information content (AvgIpc) is 2.63. The fourth-order valence-electron chi connectivity index (χ4n) is 2.58. The van der Waals surface area contributed by atoms with E-state index in [4.69, 9.17) is 4.74 Å². The van der Waals surface area contributed by atoms with Crippen molar-refractivity contribution in [2.45, 2.75) is 26.9 Å². The number of nitrogens with zero attached hydrogens (tertiary/aromatic N) is 3. The average molecular weight is 476 g/mol. The number of methoxy groups -OCH3 is 1. The molecule has 1 unspecified atom stereocenters. The molecule has 0 heterocycles. The second-order valence-corrected chi connectivity index (χ2v) is 5.75. The monoisotopic (exact) mass is 476 g/mol. The van der Waals surface area contributed by atoms with Crippen LogP contribution in [0.25, 0.3) is 0 Å². The molecule has 0 bridgehead atoms. The van der Waals surface area contributed by atoms with Crippen molar-refractivity contribution in [2.24, 2.45) is 4.99 Å². The number of nitrogens with one attached hydrogen (secondary N) is 1. The Hall–Kier alpha value is -1.35. The Labute approximate surface area is 175 Å². The van der Waals surface area contributed by atoms with Gasteiger partial charge in [0, 0.05) is 33.8 Å². The molecule has 0 fully saturated rings. The highest BCUT2D eigenvalue weighted by molar-refractivity contribution is 14.0. The van der Waals surface area contributed by atoms with Crippen LogP contribution in [0, 0.1) is 0 Å². The Kier molecular flexibility index (Phi) is 13.1. The van der Waals surface area contributed by atoms with E-state index in [1.807, 2.05) is 68.0 Å². The minimum Gasteiger partial charge on any atom is -0.375 e. The quantitative estimate of drug-likeness (QED) is 0.339. The minimum atomic E-state index is -0.110. The number of hydrogen-bond acceptors (Lipinski definition) is 3. The lowest BCUT2D eigenvalue weighted by atomic mass is 10.1. The molecule has 0 saturated carbocycles. The molecule has 1 rings (SSSR count). The lowest BCUT2D eigenvalue weighted by Crippen LogP contribution is -2.45. The summed E-state index contributed by atoms with van der Waals surface area (Å²) in [5.74, 6) is 0.811. The summed E-state index contributed by atoms with van der Waals surface area (Å²) in [6, 6.07) is 10.0. The number of aliphatic imine (C=N–C) groups is 1. The molecule has 0 aliphatic heterocycles. The van der Waals surface area contributed by atoms with Crippen LogP contribution < -0.4 is 5.32 Å². The second-order valence-electron chi connectivity index (χ2n) is 5.75. The van der Waals surface area contributed by atoms with E-state index in [2.05, 4.69) is 10.3 Å². The third-order valence-corrected chi connectivity index (χ3v) is 4.05.